The molecule has 0 aliphatic rings. The third kappa shape index (κ3) is 7.50. The highest BCUT2D eigenvalue weighted by Crippen LogP contribution is 2.24. The zero-order valence-corrected chi connectivity index (χ0v) is 24.2. The van der Waals surface area contributed by atoms with E-state index in [0.717, 1.165) is 37.3 Å². The zero-order valence-electron chi connectivity index (χ0n) is 23.3. The van der Waals surface area contributed by atoms with Crippen molar-refractivity contribution < 1.29 is 31.5 Å². The molecule has 4 rings (SSSR count). The summed E-state index contributed by atoms with van der Waals surface area (Å²) in [6.45, 7) is 3.62. The van der Waals surface area contributed by atoms with Crippen LogP contribution in [0.15, 0.2) is 77.2 Å². The van der Waals surface area contributed by atoms with Crippen molar-refractivity contribution in [2.45, 2.75) is 26.8 Å². The Morgan fingerprint density at radius 2 is 1.73 bits per heavy atom. The lowest BCUT2D eigenvalue weighted by molar-refractivity contribution is -0.140. The molecule has 0 unspecified atom stereocenters. The molecule has 0 N–H and O–H groups in total. The van der Waals surface area contributed by atoms with Crippen LogP contribution < -0.4 is 9.04 Å². The molecule has 41 heavy (non-hydrogen) atoms. The molecule has 0 saturated heterocycles. The van der Waals surface area contributed by atoms with E-state index in [4.69, 9.17) is 13.9 Å². The van der Waals surface area contributed by atoms with Gasteiger partial charge < -0.3 is 13.9 Å². The molecule has 0 atom stereocenters. The quantitative estimate of drug-likeness (QED) is 0.215. The monoisotopic (exact) mass is 581 g/mol. The largest absolute Gasteiger partial charge is 0.493 e. The van der Waals surface area contributed by atoms with Crippen molar-refractivity contribution in [1.82, 2.24) is 9.29 Å². The second-order valence-electron chi connectivity index (χ2n) is 9.43. The molecule has 11 heteroatoms. The highest BCUT2D eigenvalue weighted by atomic mass is 32.2. The second kappa shape index (κ2) is 13.0. The van der Waals surface area contributed by atoms with Crippen LogP contribution in [0, 0.1) is 19.7 Å². The first-order chi connectivity index (χ1) is 19.6. The molecule has 0 bridgehead atoms. The molecular weight excluding hydrogens is 549 g/mol. The second-order valence-corrected chi connectivity index (χ2v) is 11.4. The van der Waals surface area contributed by atoms with Gasteiger partial charge in [0, 0.05) is 25.6 Å². The van der Waals surface area contributed by atoms with Gasteiger partial charge in [-0.3, -0.25) is 9.10 Å². The molecule has 0 aliphatic carbocycles. The standard InChI is InChI=1S/C30H32FN3O6S/c1-21-8-12-24(13-9-21)30-32-28(22(2)40-30)16-17-39-27-14-10-23(11-15-27)19-34(20-29(35)38-4)41(36,37)33(3)26-7-5-6-25(31)18-26/h5-15,18H,16-17,19-20H2,1-4H3. The maximum absolute atomic E-state index is 13.7. The Morgan fingerprint density at radius 3 is 2.39 bits per heavy atom. The molecule has 0 spiro atoms. The summed E-state index contributed by atoms with van der Waals surface area (Å²) in [5.41, 5.74) is 3.62. The van der Waals surface area contributed by atoms with E-state index in [0.29, 0.717) is 30.2 Å². The van der Waals surface area contributed by atoms with Crippen LogP contribution in [-0.4, -0.2) is 51.0 Å². The van der Waals surface area contributed by atoms with Gasteiger partial charge in [-0.25, -0.2) is 9.37 Å². The lowest BCUT2D eigenvalue weighted by Gasteiger charge is -2.28. The van der Waals surface area contributed by atoms with E-state index in [1.165, 1.54) is 32.4 Å². The summed E-state index contributed by atoms with van der Waals surface area (Å²) in [5, 5.41) is 0. The number of halogens is 1. The molecular formula is C30H32FN3O6S. The van der Waals surface area contributed by atoms with Crippen molar-refractivity contribution in [1.29, 1.82) is 0 Å². The van der Waals surface area contributed by atoms with Gasteiger partial charge in [0.1, 0.15) is 23.9 Å². The summed E-state index contributed by atoms with van der Waals surface area (Å²) in [6.07, 6.45) is 0.542. The summed E-state index contributed by atoms with van der Waals surface area (Å²) in [5.74, 6) is 0.582. The predicted octanol–water partition coefficient (Wildman–Crippen LogP) is 5.08. The number of aryl methyl sites for hydroxylation is 2. The number of oxazole rings is 1. The van der Waals surface area contributed by atoms with Crippen molar-refractivity contribution in [2.75, 3.05) is 31.6 Å². The van der Waals surface area contributed by atoms with Crippen molar-refractivity contribution in [3.63, 3.8) is 0 Å². The Labute approximate surface area is 239 Å². The number of nitrogens with zero attached hydrogens (tertiary/aromatic N) is 3. The SMILES string of the molecule is COC(=O)CN(Cc1ccc(OCCc2nc(-c3ccc(C)cc3)oc2C)cc1)S(=O)(=O)N(C)c1cccc(F)c1. The zero-order chi connectivity index (χ0) is 29.6. The smallest absolute Gasteiger partial charge is 0.321 e. The van der Waals surface area contributed by atoms with Crippen LogP contribution >= 0.6 is 0 Å². The topological polar surface area (TPSA) is 102 Å². The van der Waals surface area contributed by atoms with E-state index in [9.17, 15) is 17.6 Å². The van der Waals surface area contributed by atoms with Crippen LogP contribution in [0.25, 0.3) is 11.5 Å². The van der Waals surface area contributed by atoms with E-state index in [2.05, 4.69) is 4.98 Å². The van der Waals surface area contributed by atoms with Crippen molar-refractivity contribution in [3.05, 3.63) is 101 Å². The Kier molecular flexibility index (Phi) is 9.41. The van der Waals surface area contributed by atoms with Gasteiger partial charge in [0.25, 0.3) is 0 Å². The van der Waals surface area contributed by atoms with Crippen LogP contribution in [-0.2, 0) is 32.7 Å². The fourth-order valence-electron chi connectivity index (χ4n) is 4.05. The van der Waals surface area contributed by atoms with Gasteiger partial charge in [-0.2, -0.15) is 12.7 Å². The fraction of sp³-hybridized carbons (Fsp3) is 0.267. The number of ether oxygens (including phenoxy) is 2. The van der Waals surface area contributed by atoms with Gasteiger partial charge in [-0.15, -0.1) is 0 Å². The minimum atomic E-state index is -4.20. The number of carbonyl (C=O) groups excluding carboxylic acids is 1. The Hall–Kier alpha value is -4.22. The summed E-state index contributed by atoms with van der Waals surface area (Å²) in [4.78, 5) is 16.7. The van der Waals surface area contributed by atoms with E-state index in [1.807, 2.05) is 38.1 Å². The molecule has 0 radical (unpaired) electrons. The third-order valence-electron chi connectivity index (χ3n) is 6.46. The average Bonchev–Trinajstić information content (AvgIpc) is 3.33. The molecule has 3 aromatic carbocycles. The first kappa shape index (κ1) is 29.8. The predicted molar refractivity (Wildman–Crippen MR) is 153 cm³/mol. The number of aromatic nitrogens is 1. The molecule has 9 nitrogen and oxygen atoms in total. The Morgan fingerprint density at radius 1 is 1.02 bits per heavy atom. The number of carbonyl (C=O) groups is 1. The maximum atomic E-state index is 13.7. The van der Waals surface area contributed by atoms with Gasteiger partial charge in [0.2, 0.25) is 5.89 Å². The summed E-state index contributed by atoms with van der Waals surface area (Å²) >= 11 is 0. The minimum absolute atomic E-state index is 0.114. The number of hydrogen-bond donors (Lipinski definition) is 0. The molecule has 4 aromatic rings. The molecule has 0 aliphatic heterocycles. The van der Waals surface area contributed by atoms with Crippen LogP contribution in [0.1, 0.15) is 22.6 Å². The van der Waals surface area contributed by atoms with Crippen molar-refractivity contribution in [3.8, 4) is 17.2 Å². The van der Waals surface area contributed by atoms with E-state index >= 15 is 0 Å². The lowest BCUT2D eigenvalue weighted by atomic mass is 10.1. The Bertz CT molecular complexity index is 1590. The molecule has 0 amide bonds. The number of rotatable bonds is 12. The van der Waals surface area contributed by atoms with E-state index in [-0.39, 0.29) is 12.2 Å². The average molecular weight is 582 g/mol. The summed E-state index contributed by atoms with van der Waals surface area (Å²) < 4.78 is 58.8. The van der Waals surface area contributed by atoms with E-state index < -0.39 is 28.5 Å². The van der Waals surface area contributed by atoms with Gasteiger partial charge in [0.05, 0.1) is 25.1 Å². The number of benzene rings is 3. The van der Waals surface area contributed by atoms with Crippen LogP contribution in [0.3, 0.4) is 0 Å². The Balaban J connectivity index is 1.40. The number of anilines is 1. The molecule has 0 fully saturated rings. The van der Waals surface area contributed by atoms with Crippen LogP contribution in [0.4, 0.5) is 10.1 Å². The first-order valence-electron chi connectivity index (χ1n) is 12.9. The fourth-order valence-corrected chi connectivity index (χ4v) is 5.35. The normalized spacial score (nSPS) is 11.5. The number of methoxy groups -OCH3 is 1. The van der Waals surface area contributed by atoms with Crippen molar-refractivity contribution in [2.24, 2.45) is 0 Å². The van der Waals surface area contributed by atoms with Gasteiger partial charge in [0.15, 0.2) is 0 Å². The maximum Gasteiger partial charge on any atom is 0.321 e. The third-order valence-corrected chi connectivity index (χ3v) is 8.27. The molecule has 1 aromatic heterocycles. The highest BCUT2D eigenvalue weighted by Gasteiger charge is 2.30. The minimum Gasteiger partial charge on any atom is -0.493 e. The molecule has 216 valence electrons. The summed E-state index contributed by atoms with van der Waals surface area (Å²) in [6, 6.07) is 20.0. The van der Waals surface area contributed by atoms with Crippen LogP contribution in [0.5, 0.6) is 5.75 Å². The highest BCUT2D eigenvalue weighted by molar-refractivity contribution is 7.90. The van der Waals surface area contributed by atoms with Crippen LogP contribution in [0.2, 0.25) is 0 Å². The van der Waals surface area contributed by atoms with Gasteiger partial charge in [-0.1, -0.05) is 35.9 Å². The van der Waals surface area contributed by atoms with Gasteiger partial charge in [-0.05, 0) is 61.9 Å². The van der Waals surface area contributed by atoms with Gasteiger partial charge >= 0.3 is 16.2 Å². The number of hydrogen-bond acceptors (Lipinski definition) is 7. The number of esters is 1. The van der Waals surface area contributed by atoms with Crippen molar-refractivity contribution >= 4 is 21.9 Å². The lowest BCUT2D eigenvalue weighted by Crippen LogP contribution is -2.44. The molecule has 1 heterocycles. The van der Waals surface area contributed by atoms with E-state index in [1.54, 1.807) is 24.3 Å². The summed E-state index contributed by atoms with van der Waals surface area (Å²) in [7, 11) is -1.72. The molecule has 0 saturated carbocycles. The first-order valence-corrected chi connectivity index (χ1v) is 14.3.